The van der Waals surface area contributed by atoms with Gasteiger partial charge in [0.2, 0.25) is 5.91 Å². The maximum atomic E-state index is 13.6. The molecule has 0 aliphatic heterocycles. The van der Waals surface area contributed by atoms with Crippen molar-refractivity contribution >= 4 is 5.91 Å². The lowest BCUT2D eigenvalue weighted by Gasteiger charge is -2.19. The molecule has 1 amide bonds. The molecule has 1 atom stereocenters. The molecule has 2 N–H and O–H groups in total. The average molecular weight is 318 g/mol. The SMILES string of the molecule is Cc1n[nH]c(C)c1C(C)NC(=O)CN(C)Cc1ccccc1F. The summed E-state index contributed by atoms with van der Waals surface area (Å²) < 4.78 is 13.6. The van der Waals surface area contributed by atoms with Gasteiger partial charge in [-0.2, -0.15) is 5.10 Å². The van der Waals surface area contributed by atoms with Crippen LogP contribution in [0.5, 0.6) is 0 Å². The van der Waals surface area contributed by atoms with E-state index in [1.807, 2.05) is 20.8 Å². The van der Waals surface area contributed by atoms with Crippen LogP contribution in [-0.4, -0.2) is 34.6 Å². The Morgan fingerprint density at radius 2 is 2.09 bits per heavy atom. The van der Waals surface area contributed by atoms with E-state index in [1.165, 1.54) is 6.07 Å². The molecular weight excluding hydrogens is 295 g/mol. The first-order valence-corrected chi connectivity index (χ1v) is 7.61. The van der Waals surface area contributed by atoms with Crippen molar-refractivity contribution in [3.05, 3.63) is 52.6 Å². The van der Waals surface area contributed by atoms with Crippen LogP contribution in [0.4, 0.5) is 4.39 Å². The van der Waals surface area contributed by atoms with Gasteiger partial charge in [-0.3, -0.25) is 14.8 Å². The minimum Gasteiger partial charge on any atom is -0.348 e. The Bertz CT molecular complexity index is 663. The molecule has 2 aromatic rings. The number of H-pyrrole nitrogens is 1. The van der Waals surface area contributed by atoms with E-state index in [9.17, 15) is 9.18 Å². The molecule has 0 spiro atoms. The minimum atomic E-state index is -0.252. The van der Waals surface area contributed by atoms with Crippen LogP contribution in [0, 0.1) is 19.7 Å². The molecule has 1 aromatic heterocycles. The molecule has 1 heterocycles. The van der Waals surface area contributed by atoms with Gasteiger partial charge in [0.1, 0.15) is 5.82 Å². The van der Waals surface area contributed by atoms with Crippen molar-refractivity contribution in [3.8, 4) is 0 Å². The number of carbonyl (C=O) groups is 1. The number of hydrogen-bond acceptors (Lipinski definition) is 3. The van der Waals surface area contributed by atoms with Crippen LogP contribution in [0.15, 0.2) is 24.3 Å². The normalized spacial score (nSPS) is 12.4. The summed E-state index contributed by atoms with van der Waals surface area (Å²) in [6.07, 6.45) is 0. The number of amides is 1. The van der Waals surface area contributed by atoms with Gasteiger partial charge in [0.05, 0.1) is 18.3 Å². The number of carbonyl (C=O) groups excluding carboxylic acids is 1. The summed E-state index contributed by atoms with van der Waals surface area (Å²) in [5.41, 5.74) is 3.43. The van der Waals surface area contributed by atoms with Gasteiger partial charge in [-0.15, -0.1) is 0 Å². The van der Waals surface area contributed by atoms with Gasteiger partial charge in [-0.05, 0) is 33.9 Å². The molecule has 0 bridgehead atoms. The van der Waals surface area contributed by atoms with E-state index in [1.54, 1.807) is 30.1 Å². The van der Waals surface area contributed by atoms with E-state index in [0.29, 0.717) is 12.1 Å². The number of aromatic amines is 1. The molecule has 0 fully saturated rings. The monoisotopic (exact) mass is 318 g/mol. The van der Waals surface area contributed by atoms with E-state index in [4.69, 9.17) is 0 Å². The molecule has 0 aliphatic carbocycles. The highest BCUT2D eigenvalue weighted by Crippen LogP contribution is 2.18. The Balaban J connectivity index is 1.90. The van der Waals surface area contributed by atoms with E-state index in [0.717, 1.165) is 17.0 Å². The molecule has 2 rings (SSSR count). The van der Waals surface area contributed by atoms with Crippen LogP contribution in [0.2, 0.25) is 0 Å². The zero-order chi connectivity index (χ0) is 17.0. The first-order chi connectivity index (χ1) is 10.9. The fourth-order valence-electron chi connectivity index (χ4n) is 2.78. The molecule has 6 heteroatoms. The fraction of sp³-hybridized carbons (Fsp3) is 0.412. The van der Waals surface area contributed by atoms with Crippen molar-refractivity contribution in [2.75, 3.05) is 13.6 Å². The van der Waals surface area contributed by atoms with Crippen molar-refractivity contribution in [2.24, 2.45) is 0 Å². The highest BCUT2D eigenvalue weighted by atomic mass is 19.1. The molecule has 0 aliphatic rings. The maximum Gasteiger partial charge on any atom is 0.234 e. The molecule has 5 nitrogen and oxygen atoms in total. The van der Waals surface area contributed by atoms with Crippen molar-refractivity contribution < 1.29 is 9.18 Å². The quantitative estimate of drug-likeness (QED) is 0.860. The summed E-state index contributed by atoms with van der Waals surface area (Å²) in [5, 5.41) is 10.0. The first kappa shape index (κ1) is 17.1. The molecule has 1 aromatic carbocycles. The van der Waals surface area contributed by atoms with Crippen LogP contribution in [-0.2, 0) is 11.3 Å². The number of likely N-dealkylation sites (N-methyl/N-ethyl adjacent to an activating group) is 1. The molecule has 0 saturated carbocycles. The zero-order valence-electron chi connectivity index (χ0n) is 14.0. The van der Waals surface area contributed by atoms with Crippen LogP contribution in [0.1, 0.15) is 35.5 Å². The van der Waals surface area contributed by atoms with Gasteiger partial charge in [0.25, 0.3) is 0 Å². The standard InChI is InChI=1S/C17H23FN4O/c1-11(17-12(2)20-21-13(17)3)19-16(23)10-22(4)9-14-7-5-6-8-15(14)18/h5-8,11H,9-10H2,1-4H3,(H,19,23)(H,20,21). The van der Waals surface area contributed by atoms with E-state index < -0.39 is 0 Å². The van der Waals surface area contributed by atoms with Crippen molar-refractivity contribution in [3.63, 3.8) is 0 Å². The van der Waals surface area contributed by atoms with Crippen LogP contribution >= 0.6 is 0 Å². The second kappa shape index (κ2) is 7.37. The number of nitrogens with one attached hydrogen (secondary N) is 2. The number of aromatic nitrogens is 2. The average Bonchev–Trinajstić information content (AvgIpc) is 2.80. The zero-order valence-corrected chi connectivity index (χ0v) is 14.0. The third-order valence-electron chi connectivity index (χ3n) is 3.81. The lowest BCUT2D eigenvalue weighted by molar-refractivity contribution is -0.122. The molecule has 23 heavy (non-hydrogen) atoms. The summed E-state index contributed by atoms with van der Waals surface area (Å²) in [6, 6.07) is 6.48. The Kier molecular flexibility index (Phi) is 5.50. The summed E-state index contributed by atoms with van der Waals surface area (Å²) >= 11 is 0. The molecule has 124 valence electrons. The number of benzene rings is 1. The van der Waals surface area contributed by atoms with Gasteiger partial charge in [-0.1, -0.05) is 18.2 Å². The highest BCUT2D eigenvalue weighted by Gasteiger charge is 2.17. The fourth-order valence-corrected chi connectivity index (χ4v) is 2.78. The number of halogens is 1. The maximum absolute atomic E-state index is 13.6. The number of aryl methyl sites for hydroxylation is 2. The molecule has 0 radical (unpaired) electrons. The third kappa shape index (κ3) is 4.39. The van der Waals surface area contributed by atoms with Gasteiger partial charge in [0.15, 0.2) is 0 Å². The molecular formula is C17H23FN4O. The Labute approximate surface area is 135 Å². The van der Waals surface area contributed by atoms with Gasteiger partial charge >= 0.3 is 0 Å². The first-order valence-electron chi connectivity index (χ1n) is 7.61. The lowest BCUT2D eigenvalue weighted by atomic mass is 10.1. The smallest absolute Gasteiger partial charge is 0.234 e. The predicted octanol–water partition coefficient (Wildman–Crippen LogP) is 2.47. The molecule has 1 unspecified atom stereocenters. The summed E-state index contributed by atoms with van der Waals surface area (Å²) in [4.78, 5) is 14.0. The minimum absolute atomic E-state index is 0.101. The largest absolute Gasteiger partial charge is 0.348 e. The topological polar surface area (TPSA) is 61.0 Å². The summed E-state index contributed by atoms with van der Waals surface area (Å²) in [7, 11) is 1.80. The van der Waals surface area contributed by atoms with Crippen molar-refractivity contribution in [2.45, 2.75) is 33.4 Å². The number of rotatable bonds is 6. The number of nitrogens with zero attached hydrogens (tertiary/aromatic N) is 2. The second-order valence-electron chi connectivity index (χ2n) is 5.90. The van der Waals surface area contributed by atoms with Crippen LogP contribution in [0.3, 0.4) is 0 Å². The second-order valence-corrected chi connectivity index (χ2v) is 5.90. The van der Waals surface area contributed by atoms with Gasteiger partial charge in [0, 0.05) is 23.4 Å². The number of hydrogen-bond donors (Lipinski definition) is 2. The molecule has 0 saturated heterocycles. The Morgan fingerprint density at radius 1 is 1.39 bits per heavy atom. The highest BCUT2D eigenvalue weighted by molar-refractivity contribution is 5.78. The van der Waals surface area contributed by atoms with E-state index in [2.05, 4.69) is 15.5 Å². The van der Waals surface area contributed by atoms with E-state index in [-0.39, 0.29) is 24.3 Å². The van der Waals surface area contributed by atoms with Crippen molar-refractivity contribution in [1.29, 1.82) is 0 Å². The predicted molar refractivity (Wildman–Crippen MR) is 87.4 cm³/mol. The summed E-state index contributed by atoms with van der Waals surface area (Å²) in [6.45, 7) is 6.36. The van der Waals surface area contributed by atoms with Crippen LogP contribution < -0.4 is 5.32 Å². The summed E-state index contributed by atoms with van der Waals surface area (Å²) in [5.74, 6) is -0.353. The Morgan fingerprint density at radius 3 is 2.70 bits per heavy atom. The van der Waals surface area contributed by atoms with Gasteiger partial charge in [-0.25, -0.2) is 4.39 Å². The van der Waals surface area contributed by atoms with E-state index >= 15 is 0 Å². The third-order valence-corrected chi connectivity index (χ3v) is 3.81. The van der Waals surface area contributed by atoms with Gasteiger partial charge < -0.3 is 5.32 Å². The van der Waals surface area contributed by atoms with Crippen LogP contribution in [0.25, 0.3) is 0 Å². The van der Waals surface area contributed by atoms with Crippen molar-refractivity contribution in [1.82, 2.24) is 20.4 Å². The Hall–Kier alpha value is -2.21. The lowest BCUT2D eigenvalue weighted by Crippen LogP contribution is -2.36.